The van der Waals surface area contributed by atoms with E-state index in [0.717, 1.165) is 10.2 Å². The molecule has 2 aromatic heterocycles. The zero-order valence-corrected chi connectivity index (χ0v) is 16.5. The normalized spacial score (nSPS) is 19.4. The first-order valence-electron chi connectivity index (χ1n) is 8.17. The molecule has 0 aliphatic carbocycles. The Labute approximate surface area is 159 Å². The van der Waals surface area contributed by atoms with Gasteiger partial charge in [0.25, 0.3) is 15.9 Å². The lowest BCUT2D eigenvalue weighted by Gasteiger charge is -2.20. The molecule has 0 spiro atoms. The van der Waals surface area contributed by atoms with Crippen molar-refractivity contribution in [1.29, 1.82) is 0 Å². The molecule has 0 radical (unpaired) electrons. The van der Waals surface area contributed by atoms with Gasteiger partial charge in [-0.05, 0) is 36.4 Å². The molecule has 3 heterocycles. The summed E-state index contributed by atoms with van der Waals surface area (Å²) in [6.45, 7) is 0.352. The largest absolute Gasteiger partial charge is 0.319 e. The van der Waals surface area contributed by atoms with Gasteiger partial charge in [0.15, 0.2) is 4.80 Å². The Morgan fingerprint density at radius 1 is 1.23 bits per heavy atom. The third kappa shape index (κ3) is 2.94. The van der Waals surface area contributed by atoms with E-state index in [1.807, 2.05) is 35.9 Å². The number of amides is 1. The maximum Gasteiger partial charge on any atom is 0.266 e. The number of nitrogens with zero attached hydrogens (tertiary/aromatic N) is 3. The van der Waals surface area contributed by atoms with Crippen molar-refractivity contribution in [2.45, 2.75) is 23.1 Å². The molecule has 1 aromatic carbocycles. The van der Waals surface area contributed by atoms with Crippen LogP contribution in [0.3, 0.4) is 0 Å². The van der Waals surface area contributed by atoms with E-state index >= 15 is 0 Å². The molecular weight excluding hydrogens is 390 g/mol. The summed E-state index contributed by atoms with van der Waals surface area (Å²) < 4.78 is 30.1. The molecule has 1 fully saturated rings. The third-order valence-corrected chi connectivity index (χ3v) is 8.86. The average molecular weight is 408 g/mol. The molecular formula is C17H17N3O3S3. The fourth-order valence-electron chi connectivity index (χ4n) is 3.16. The molecule has 26 heavy (non-hydrogen) atoms. The van der Waals surface area contributed by atoms with E-state index in [9.17, 15) is 13.2 Å². The first-order chi connectivity index (χ1) is 12.5. The van der Waals surface area contributed by atoms with E-state index in [0.29, 0.717) is 24.2 Å². The summed E-state index contributed by atoms with van der Waals surface area (Å²) in [6.07, 6.45) is 1.16. The molecule has 1 aliphatic rings. The number of fused-ring (bicyclic) bond motifs is 1. The van der Waals surface area contributed by atoms with E-state index in [1.165, 1.54) is 27.0 Å². The second-order valence-electron chi connectivity index (χ2n) is 6.07. The van der Waals surface area contributed by atoms with Crippen LogP contribution >= 0.6 is 22.7 Å². The molecule has 1 aliphatic heterocycles. The lowest BCUT2D eigenvalue weighted by atomic mass is 10.2. The number of hydrogen-bond donors (Lipinski definition) is 0. The van der Waals surface area contributed by atoms with Crippen molar-refractivity contribution in [3.63, 3.8) is 0 Å². The van der Waals surface area contributed by atoms with E-state index in [2.05, 4.69) is 4.99 Å². The standard InChI is InChI=1S/C17H17N3O3S3/c1-19-12-6-2-3-8-14(12)25-17(19)18-16(21)13-7-4-10-20(13)26(22,23)15-9-5-11-24-15/h2-3,5-6,8-9,11,13H,4,7,10H2,1H3/t13-/m1/s1. The molecule has 136 valence electrons. The molecule has 0 unspecified atom stereocenters. The molecule has 0 bridgehead atoms. The number of carbonyl (C=O) groups excluding carboxylic acids is 1. The number of thiazole rings is 1. The van der Waals surface area contributed by atoms with Crippen LogP contribution in [-0.2, 0) is 21.9 Å². The van der Waals surface area contributed by atoms with Gasteiger partial charge in [-0.2, -0.15) is 9.30 Å². The van der Waals surface area contributed by atoms with Gasteiger partial charge in [0.05, 0.1) is 10.2 Å². The van der Waals surface area contributed by atoms with Crippen LogP contribution in [0.5, 0.6) is 0 Å². The van der Waals surface area contributed by atoms with Crippen LogP contribution in [0, 0.1) is 0 Å². The highest BCUT2D eigenvalue weighted by molar-refractivity contribution is 7.91. The first kappa shape index (κ1) is 17.6. The van der Waals surface area contributed by atoms with Crippen molar-refractivity contribution in [3.8, 4) is 0 Å². The van der Waals surface area contributed by atoms with Crippen molar-refractivity contribution < 1.29 is 13.2 Å². The highest BCUT2D eigenvalue weighted by Gasteiger charge is 2.39. The summed E-state index contributed by atoms with van der Waals surface area (Å²) in [6, 6.07) is 10.4. The SMILES string of the molecule is Cn1c(=NC(=O)[C@H]2CCCN2S(=O)(=O)c2cccs2)sc2ccccc21. The Bertz CT molecular complexity index is 1130. The lowest BCUT2D eigenvalue weighted by molar-refractivity contribution is -0.121. The summed E-state index contributed by atoms with van der Waals surface area (Å²) in [5.41, 5.74) is 0.999. The van der Waals surface area contributed by atoms with E-state index in [-0.39, 0.29) is 4.21 Å². The molecule has 0 saturated carbocycles. The first-order valence-corrected chi connectivity index (χ1v) is 11.3. The Morgan fingerprint density at radius 2 is 2.04 bits per heavy atom. The van der Waals surface area contributed by atoms with Gasteiger partial charge < -0.3 is 4.57 Å². The smallest absolute Gasteiger partial charge is 0.266 e. The van der Waals surface area contributed by atoms with Crippen molar-refractivity contribution >= 4 is 48.8 Å². The quantitative estimate of drug-likeness (QED) is 0.670. The Morgan fingerprint density at radius 3 is 2.77 bits per heavy atom. The molecule has 0 N–H and O–H groups in total. The third-order valence-electron chi connectivity index (χ3n) is 4.47. The van der Waals surface area contributed by atoms with Crippen molar-refractivity contribution in [3.05, 3.63) is 46.6 Å². The molecule has 1 atom stereocenters. The molecule has 1 amide bonds. The zero-order chi connectivity index (χ0) is 18.3. The number of carbonyl (C=O) groups is 1. The van der Waals surface area contributed by atoms with Gasteiger partial charge in [0.2, 0.25) is 0 Å². The van der Waals surface area contributed by atoms with Crippen LogP contribution in [0.1, 0.15) is 12.8 Å². The number of benzene rings is 1. The highest BCUT2D eigenvalue weighted by atomic mass is 32.2. The van der Waals surface area contributed by atoms with Crippen molar-refractivity contribution in [2.75, 3.05) is 6.54 Å². The van der Waals surface area contributed by atoms with Gasteiger partial charge >= 0.3 is 0 Å². The van der Waals surface area contributed by atoms with E-state index < -0.39 is 22.0 Å². The number of thiophene rings is 1. The number of aryl methyl sites for hydroxylation is 1. The van der Waals surface area contributed by atoms with E-state index in [1.54, 1.807) is 17.5 Å². The topological polar surface area (TPSA) is 71.7 Å². The summed E-state index contributed by atoms with van der Waals surface area (Å²) in [5, 5.41) is 1.72. The van der Waals surface area contributed by atoms with Crippen LogP contribution in [0.25, 0.3) is 10.2 Å². The monoisotopic (exact) mass is 407 g/mol. The fourth-order valence-corrected chi connectivity index (χ4v) is 6.95. The van der Waals surface area contributed by atoms with Gasteiger partial charge in [-0.3, -0.25) is 4.79 Å². The highest BCUT2D eigenvalue weighted by Crippen LogP contribution is 2.29. The number of sulfonamides is 1. The number of rotatable bonds is 3. The molecule has 3 aromatic rings. The minimum atomic E-state index is -3.65. The van der Waals surface area contributed by atoms with Gasteiger partial charge in [-0.1, -0.05) is 29.5 Å². The summed E-state index contributed by atoms with van der Waals surface area (Å²) in [4.78, 5) is 17.6. The minimum Gasteiger partial charge on any atom is -0.319 e. The Balaban J connectivity index is 1.70. The van der Waals surface area contributed by atoms with Gasteiger partial charge in [-0.25, -0.2) is 8.42 Å². The van der Waals surface area contributed by atoms with Crippen LogP contribution in [0.15, 0.2) is 51.0 Å². The predicted octanol–water partition coefficient (Wildman–Crippen LogP) is 2.58. The molecule has 4 rings (SSSR count). The minimum absolute atomic E-state index is 0.268. The second kappa shape index (κ2) is 6.73. The van der Waals surface area contributed by atoms with Gasteiger partial charge in [0.1, 0.15) is 10.3 Å². The molecule has 1 saturated heterocycles. The molecule has 9 heteroatoms. The maximum atomic E-state index is 12.8. The van der Waals surface area contributed by atoms with Crippen molar-refractivity contribution in [2.24, 2.45) is 12.0 Å². The lowest BCUT2D eigenvalue weighted by Crippen LogP contribution is -2.40. The Kier molecular flexibility index (Phi) is 4.55. The van der Waals surface area contributed by atoms with Crippen molar-refractivity contribution in [1.82, 2.24) is 8.87 Å². The van der Waals surface area contributed by atoms with Crippen LogP contribution in [0.4, 0.5) is 0 Å². The Hall–Kier alpha value is -1.81. The van der Waals surface area contributed by atoms with Crippen LogP contribution < -0.4 is 4.80 Å². The summed E-state index contributed by atoms with van der Waals surface area (Å²) in [5.74, 6) is -0.398. The van der Waals surface area contributed by atoms with Gasteiger partial charge in [0, 0.05) is 13.6 Å². The van der Waals surface area contributed by atoms with E-state index in [4.69, 9.17) is 0 Å². The molecule has 6 nitrogen and oxygen atoms in total. The summed E-state index contributed by atoms with van der Waals surface area (Å²) >= 11 is 2.59. The summed E-state index contributed by atoms with van der Waals surface area (Å²) in [7, 11) is -1.79. The van der Waals surface area contributed by atoms with Crippen LogP contribution in [0.2, 0.25) is 0 Å². The fraction of sp³-hybridized carbons (Fsp3) is 0.294. The van der Waals surface area contributed by atoms with Gasteiger partial charge in [-0.15, -0.1) is 11.3 Å². The maximum absolute atomic E-state index is 12.8. The predicted molar refractivity (Wildman–Crippen MR) is 103 cm³/mol. The average Bonchev–Trinajstić information content (AvgIpc) is 3.36. The zero-order valence-electron chi connectivity index (χ0n) is 14.0. The second-order valence-corrected chi connectivity index (χ2v) is 10.1. The number of hydrogen-bond acceptors (Lipinski definition) is 5. The number of para-hydroxylation sites is 1. The van der Waals surface area contributed by atoms with Crippen LogP contribution in [-0.4, -0.2) is 35.8 Å². The number of aromatic nitrogens is 1.